The molecule has 1 aliphatic heterocycles. The van der Waals surface area contributed by atoms with Gasteiger partial charge in [-0.1, -0.05) is 315 Å². The number of aryl methyl sites for hydroxylation is 2. The van der Waals surface area contributed by atoms with Gasteiger partial charge in [-0.15, -0.1) is 0 Å². The molecule has 0 atom stereocenters. The summed E-state index contributed by atoms with van der Waals surface area (Å²) in [4.78, 5) is 0. The van der Waals surface area contributed by atoms with Crippen molar-refractivity contribution < 1.29 is 22.7 Å². The zero-order valence-electron chi connectivity index (χ0n) is 50.2. The maximum absolute atomic E-state index is 12.6. The van der Waals surface area contributed by atoms with Crippen LogP contribution >= 0.6 is 0 Å². The molecule has 0 amide bonds. The number of nitrogens with zero attached hydrogens (tertiary/aromatic N) is 2. The molecule has 1 aliphatic rings. The number of benzene rings is 2. The Morgan fingerprint density at radius 3 is 1.00 bits per heavy atom. The molecule has 2 nitrogen and oxygen atoms in total. The monoisotopic (exact) mass is 1110 g/mol. The van der Waals surface area contributed by atoms with Crippen LogP contribution in [0.15, 0.2) is 71.8 Å². The van der Waals surface area contributed by atoms with Crippen molar-refractivity contribution in [3.63, 3.8) is 0 Å². The molecule has 426 valence electrons. The van der Waals surface area contributed by atoms with Crippen molar-refractivity contribution in [1.82, 2.24) is 0 Å². The van der Waals surface area contributed by atoms with Gasteiger partial charge in [-0.25, -0.2) is 4.70 Å². The van der Waals surface area contributed by atoms with E-state index in [0.29, 0.717) is 0 Å². The van der Waals surface area contributed by atoms with Crippen LogP contribution in [0.5, 0.6) is 0 Å². The van der Waals surface area contributed by atoms with Crippen molar-refractivity contribution in [3.8, 4) is 0 Å². The summed E-state index contributed by atoms with van der Waals surface area (Å²) in [5.41, 5.74) is 22.3. The van der Waals surface area contributed by atoms with Gasteiger partial charge in [0.25, 0.3) is 0 Å². The Balaban J connectivity index is 0.00000609. The average Bonchev–Trinajstić information content (AvgIpc) is 3.69. The van der Waals surface area contributed by atoms with Crippen LogP contribution in [0.2, 0.25) is 10.8 Å². The van der Waals surface area contributed by atoms with Gasteiger partial charge in [-0.2, -0.15) is 0 Å². The zero-order chi connectivity index (χ0) is 53.2. The van der Waals surface area contributed by atoms with Gasteiger partial charge in [-0.05, 0) is 86.8 Å². The number of unbranched alkanes of at least 4 members (excludes halogenated alkanes) is 40. The van der Waals surface area contributed by atoms with Gasteiger partial charge in [0.15, 0.2) is 0 Å². The Bertz CT molecular complexity index is 1700. The fourth-order valence-electron chi connectivity index (χ4n) is 11.3. The van der Waals surface area contributed by atoms with Crippen LogP contribution in [-0.4, -0.2) is 4.70 Å². The van der Waals surface area contributed by atoms with Gasteiger partial charge in [0.05, 0.1) is 5.57 Å². The van der Waals surface area contributed by atoms with Gasteiger partial charge in [-0.3, -0.25) is 0 Å². The minimum atomic E-state index is 0.950. The van der Waals surface area contributed by atoms with Gasteiger partial charge in [0, 0.05) is 16.7 Å². The maximum atomic E-state index is 12.6. The van der Waals surface area contributed by atoms with E-state index in [1.54, 1.807) is 4.70 Å². The molecule has 0 N–H and O–H groups in total. The number of hydrogen-bond donors (Lipinski definition) is 0. The molecule has 0 aliphatic carbocycles. The first-order chi connectivity index (χ1) is 36.6. The molecule has 0 saturated carbocycles. The second kappa shape index (κ2) is 50.4. The van der Waals surface area contributed by atoms with Crippen LogP contribution in [0.3, 0.4) is 0 Å². The van der Waals surface area contributed by atoms with Crippen molar-refractivity contribution in [2.24, 2.45) is 0 Å². The fraction of sp³-hybridized carbons (Fsp3) is 0.746. The minimum absolute atomic E-state index is 0.950. The van der Waals surface area contributed by atoms with Crippen molar-refractivity contribution in [2.45, 2.75) is 340 Å². The van der Waals surface area contributed by atoms with Gasteiger partial charge in [0.1, 0.15) is 0 Å². The summed E-state index contributed by atoms with van der Waals surface area (Å²) in [6.07, 6.45) is 68.2. The van der Waals surface area contributed by atoms with E-state index in [9.17, 15) is 5.53 Å². The van der Waals surface area contributed by atoms with E-state index in [-0.39, 0.29) is 0 Å². The summed E-state index contributed by atoms with van der Waals surface area (Å²) in [5.74, 6) is 0. The third kappa shape index (κ3) is 33.9. The molecule has 3 rings (SSSR count). The Morgan fingerprint density at radius 2 is 0.649 bits per heavy atom. The number of rotatable bonds is 50. The van der Waals surface area contributed by atoms with Gasteiger partial charge in [0.2, 0.25) is 11.4 Å². The van der Waals surface area contributed by atoms with Crippen LogP contribution in [0.1, 0.15) is 339 Å². The van der Waals surface area contributed by atoms with E-state index in [1.165, 1.54) is 298 Å². The van der Waals surface area contributed by atoms with E-state index < -0.39 is 0 Å². The van der Waals surface area contributed by atoms with Crippen molar-refractivity contribution in [3.05, 3.63) is 99.6 Å². The molecule has 3 heteroatoms. The molecule has 0 unspecified atom stereocenters. The summed E-state index contributed by atoms with van der Waals surface area (Å²) >= 11 is 0.950. The Labute approximate surface area is 471 Å². The summed E-state index contributed by atoms with van der Waals surface area (Å²) in [6.45, 7) is 9.24. The first kappa shape index (κ1) is 68.0. The third-order valence-electron chi connectivity index (χ3n) is 15.9. The van der Waals surface area contributed by atoms with Crippen LogP contribution < -0.4 is 0 Å². The van der Waals surface area contributed by atoms with Crippen molar-refractivity contribution >= 4 is 11.4 Å². The Hall–Kier alpha value is -2.08. The SMILES string of the molecule is CCCCCCCCCCCCCCCCCC=CC1=C(c2cccc(CCCCCCCCCCCCCC)c2)[N+](=[N-])C(c2cccc(CCCCCCCCCCCCCC)c2)=C1CCCCCC.[CH3][Pd][CH3]. The Morgan fingerprint density at radius 1 is 0.365 bits per heavy atom. The molecule has 0 radical (unpaired) electrons. The summed E-state index contributed by atoms with van der Waals surface area (Å²) in [6, 6.07) is 18.5. The fourth-order valence-corrected chi connectivity index (χ4v) is 11.3. The molecule has 0 bridgehead atoms. The summed E-state index contributed by atoms with van der Waals surface area (Å²) in [7, 11) is 0. The third-order valence-corrected chi connectivity index (χ3v) is 15.9. The summed E-state index contributed by atoms with van der Waals surface area (Å²) in [5, 5.41) is 4.35. The normalized spacial score (nSPS) is 12.8. The standard InChI is InChI=1S/C69H116N2.2CH3.Pd/c1-5-9-13-17-20-23-26-29-30-31-32-33-36-39-42-45-49-59-67-66(58-48-16-12-8-4)68(64-56-50-54-62(60-64)52-46-43-40-37-34-27-24-21-18-14-10-6-2)71(70)69(67)65-57-51-55-63(61-65)53-47-44-41-38-35-28-25-22-19-15-11-7-3;;;/h49-51,54-57,59-61H,5-48,52-53,58H2,1-4H3;2*1H3;. The quantitative estimate of drug-likeness (QED) is 0.0358. The molecule has 0 saturated heterocycles. The molecular weight excluding hydrogens is 987 g/mol. The molecule has 0 aromatic heterocycles. The van der Waals surface area contributed by atoms with E-state index >= 15 is 0 Å². The first-order valence-electron chi connectivity index (χ1n) is 32.6. The van der Waals surface area contributed by atoms with Crippen LogP contribution in [0.4, 0.5) is 0 Å². The molecule has 2 aromatic carbocycles. The van der Waals surface area contributed by atoms with E-state index in [1.807, 2.05) is 0 Å². The predicted octanol–water partition coefficient (Wildman–Crippen LogP) is 25.3. The number of allylic oxidation sites excluding steroid dienone is 4. The van der Waals surface area contributed by atoms with E-state index in [4.69, 9.17) is 0 Å². The van der Waals surface area contributed by atoms with E-state index in [0.717, 1.165) is 67.0 Å². The molecule has 1 heterocycles. The van der Waals surface area contributed by atoms with E-state index in [2.05, 4.69) is 99.2 Å². The molecule has 2 aromatic rings. The second-order valence-corrected chi connectivity index (χ2v) is 24.4. The van der Waals surface area contributed by atoms with Crippen LogP contribution in [-0.2, 0) is 30.8 Å². The van der Waals surface area contributed by atoms with Gasteiger partial charge < -0.3 is 5.53 Å². The Kier molecular flexibility index (Phi) is 46.4. The molecule has 74 heavy (non-hydrogen) atoms. The second-order valence-electron chi connectivity index (χ2n) is 22.8. The van der Waals surface area contributed by atoms with Crippen molar-refractivity contribution in [1.29, 1.82) is 0 Å². The zero-order valence-corrected chi connectivity index (χ0v) is 51.8. The van der Waals surface area contributed by atoms with Crippen molar-refractivity contribution in [2.75, 3.05) is 0 Å². The predicted molar refractivity (Wildman–Crippen MR) is 329 cm³/mol. The van der Waals surface area contributed by atoms with Crippen LogP contribution in [0, 0.1) is 0 Å². The first-order valence-corrected chi connectivity index (χ1v) is 35.7. The van der Waals surface area contributed by atoms with Gasteiger partial charge >= 0.3 is 28.8 Å². The molecule has 0 spiro atoms. The van der Waals surface area contributed by atoms with Crippen LogP contribution in [0.25, 0.3) is 16.9 Å². The molecular formula is C71H122N2Pd. The topological polar surface area (TPSA) is 25.3 Å². The summed E-state index contributed by atoms with van der Waals surface area (Å²) < 4.78 is 1.62. The average molecular weight is 1110 g/mol. The molecule has 0 fully saturated rings. The number of hydrogen-bond acceptors (Lipinski definition) is 0.